The van der Waals surface area contributed by atoms with Gasteiger partial charge in [0.25, 0.3) is 11.4 Å². The van der Waals surface area contributed by atoms with Gasteiger partial charge in [-0.25, -0.2) is 14.6 Å². The van der Waals surface area contributed by atoms with E-state index in [2.05, 4.69) is 20.2 Å². The number of carbonyl (C=O) groups is 1. The number of carbonyl (C=O) groups excluding carboxylic acids is 1. The van der Waals surface area contributed by atoms with E-state index in [0.29, 0.717) is 18.9 Å². The minimum absolute atomic E-state index is 0.0671. The third-order valence-electron chi connectivity index (χ3n) is 4.33. The van der Waals surface area contributed by atoms with Crippen molar-refractivity contribution < 1.29 is 13.9 Å². The van der Waals surface area contributed by atoms with E-state index in [9.17, 15) is 14.4 Å². The van der Waals surface area contributed by atoms with E-state index in [1.807, 2.05) is 37.3 Å². The predicted octanol–water partition coefficient (Wildman–Crippen LogP) is 1.90. The van der Waals surface area contributed by atoms with Crippen molar-refractivity contribution in [1.29, 1.82) is 0 Å². The smallest absolute Gasteiger partial charge is 0.340 e. The van der Waals surface area contributed by atoms with Gasteiger partial charge in [-0.05, 0) is 24.6 Å². The number of nitrogens with one attached hydrogen (secondary N) is 1. The summed E-state index contributed by atoms with van der Waals surface area (Å²) in [7, 11) is 0. The van der Waals surface area contributed by atoms with Gasteiger partial charge in [0.15, 0.2) is 6.61 Å². The Morgan fingerprint density at radius 2 is 2.00 bits per heavy atom. The van der Waals surface area contributed by atoms with Gasteiger partial charge in [0.05, 0.1) is 10.9 Å². The highest BCUT2D eigenvalue weighted by Crippen LogP contribution is 2.17. The number of H-pyrrole nitrogens is 1. The van der Waals surface area contributed by atoms with Crippen molar-refractivity contribution >= 4 is 17.0 Å². The lowest BCUT2D eigenvalue weighted by atomic mass is 10.2. The van der Waals surface area contributed by atoms with Crippen molar-refractivity contribution in [3.8, 4) is 11.5 Å². The topological polar surface area (TPSA) is 133 Å². The SMILES string of the molecule is CCCn1c(=O)[nH]c(=O)c2cc(C(=O)OCc3nnc(-c4ccccc4)o3)cnc21. The highest BCUT2D eigenvalue weighted by atomic mass is 16.5. The number of pyridine rings is 1. The first kappa shape index (κ1) is 19.2. The quantitative estimate of drug-likeness (QED) is 0.479. The molecule has 152 valence electrons. The van der Waals surface area contributed by atoms with Crippen LogP contribution in [0.2, 0.25) is 0 Å². The second kappa shape index (κ2) is 8.11. The third-order valence-corrected chi connectivity index (χ3v) is 4.33. The summed E-state index contributed by atoms with van der Waals surface area (Å²) in [5.74, 6) is -0.267. The van der Waals surface area contributed by atoms with E-state index in [1.54, 1.807) is 0 Å². The molecule has 0 amide bonds. The summed E-state index contributed by atoms with van der Waals surface area (Å²) in [6, 6.07) is 10.5. The predicted molar refractivity (Wildman–Crippen MR) is 106 cm³/mol. The Kier molecular flexibility index (Phi) is 5.21. The van der Waals surface area contributed by atoms with Crippen molar-refractivity contribution in [2.75, 3.05) is 0 Å². The first-order valence-electron chi connectivity index (χ1n) is 9.24. The van der Waals surface area contributed by atoms with Crippen LogP contribution in [-0.4, -0.2) is 30.7 Å². The van der Waals surface area contributed by atoms with E-state index in [1.165, 1.54) is 16.8 Å². The maximum Gasteiger partial charge on any atom is 0.340 e. The highest BCUT2D eigenvalue weighted by molar-refractivity contribution is 5.92. The summed E-state index contributed by atoms with van der Waals surface area (Å²) in [5.41, 5.74) is -0.126. The van der Waals surface area contributed by atoms with Crippen LogP contribution in [-0.2, 0) is 17.9 Å². The maximum absolute atomic E-state index is 12.4. The molecule has 3 aromatic heterocycles. The van der Waals surface area contributed by atoms with Crippen LogP contribution in [0.4, 0.5) is 0 Å². The lowest BCUT2D eigenvalue weighted by Gasteiger charge is -2.08. The fourth-order valence-electron chi connectivity index (χ4n) is 2.93. The van der Waals surface area contributed by atoms with Gasteiger partial charge in [0, 0.05) is 18.3 Å². The number of aromatic nitrogens is 5. The molecule has 0 aliphatic carbocycles. The van der Waals surface area contributed by atoms with Crippen molar-refractivity contribution in [3.63, 3.8) is 0 Å². The normalized spacial score (nSPS) is 11.0. The van der Waals surface area contributed by atoms with Gasteiger partial charge in [-0.1, -0.05) is 25.1 Å². The van der Waals surface area contributed by atoms with Crippen LogP contribution in [0.25, 0.3) is 22.5 Å². The number of fused-ring (bicyclic) bond motifs is 1. The van der Waals surface area contributed by atoms with Crippen LogP contribution >= 0.6 is 0 Å². The molecule has 0 unspecified atom stereocenters. The van der Waals surface area contributed by atoms with Crippen LogP contribution in [0.15, 0.2) is 56.6 Å². The van der Waals surface area contributed by atoms with Crippen LogP contribution in [0, 0.1) is 0 Å². The van der Waals surface area contributed by atoms with Crippen LogP contribution in [0.5, 0.6) is 0 Å². The van der Waals surface area contributed by atoms with Crippen LogP contribution in [0.3, 0.4) is 0 Å². The summed E-state index contributed by atoms with van der Waals surface area (Å²) in [5, 5.41) is 7.91. The molecule has 4 aromatic rings. The minimum Gasteiger partial charge on any atom is -0.452 e. The zero-order chi connectivity index (χ0) is 21.1. The van der Waals surface area contributed by atoms with Crippen molar-refractivity contribution in [1.82, 2.24) is 24.7 Å². The fourth-order valence-corrected chi connectivity index (χ4v) is 2.93. The number of aryl methyl sites for hydroxylation is 1. The van der Waals surface area contributed by atoms with Crippen LogP contribution < -0.4 is 11.2 Å². The number of nitrogens with zero attached hydrogens (tertiary/aromatic N) is 4. The second-order valence-corrected chi connectivity index (χ2v) is 6.45. The number of rotatable bonds is 6. The molecule has 10 nitrogen and oxygen atoms in total. The molecule has 1 aromatic carbocycles. The number of ether oxygens (including phenoxy) is 1. The first-order chi connectivity index (χ1) is 14.6. The van der Waals surface area contributed by atoms with Gasteiger partial charge < -0.3 is 9.15 Å². The molecular weight excluding hydrogens is 390 g/mol. The highest BCUT2D eigenvalue weighted by Gasteiger charge is 2.16. The van der Waals surface area contributed by atoms with Gasteiger partial charge in [-0.2, -0.15) is 0 Å². The zero-order valence-corrected chi connectivity index (χ0v) is 16.0. The van der Waals surface area contributed by atoms with Gasteiger partial charge in [0.2, 0.25) is 5.89 Å². The molecule has 1 N–H and O–H groups in total. The summed E-state index contributed by atoms with van der Waals surface area (Å²) in [6.45, 7) is 2.06. The number of hydrogen-bond donors (Lipinski definition) is 1. The van der Waals surface area contributed by atoms with Gasteiger partial charge >= 0.3 is 11.7 Å². The molecule has 0 fully saturated rings. The monoisotopic (exact) mass is 407 g/mol. The Morgan fingerprint density at radius 1 is 1.20 bits per heavy atom. The third kappa shape index (κ3) is 3.75. The molecule has 0 atom stereocenters. The number of esters is 1. The molecule has 4 rings (SSSR count). The molecule has 0 bridgehead atoms. The zero-order valence-electron chi connectivity index (χ0n) is 16.0. The molecule has 0 radical (unpaired) electrons. The average Bonchev–Trinajstić information content (AvgIpc) is 3.24. The Hall–Kier alpha value is -4.08. The second-order valence-electron chi connectivity index (χ2n) is 6.45. The van der Waals surface area contributed by atoms with E-state index < -0.39 is 17.2 Å². The Morgan fingerprint density at radius 3 is 2.77 bits per heavy atom. The molecule has 0 spiro atoms. The number of aromatic amines is 1. The molecule has 10 heteroatoms. The van der Waals surface area contributed by atoms with Gasteiger partial charge in [-0.15, -0.1) is 10.2 Å². The molecule has 30 heavy (non-hydrogen) atoms. The van der Waals surface area contributed by atoms with Crippen molar-refractivity contribution in [2.45, 2.75) is 26.5 Å². The first-order valence-corrected chi connectivity index (χ1v) is 9.24. The van der Waals surface area contributed by atoms with Crippen LogP contribution in [0.1, 0.15) is 29.6 Å². The summed E-state index contributed by atoms with van der Waals surface area (Å²) < 4.78 is 12.0. The molecule has 0 aliphatic heterocycles. The summed E-state index contributed by atoms with van der Waals surface area (Å²) in [6.07, 6.45) is 1.95. The lowest BCUT2D eigenvalue weighted by Crippen LogP contribution is -2.31. The number of hydrogen-bond acceptors (Lipinski definition) is 8. The Balaban J connectivity index is 1.53. The van der Waals surface area contributed by atoms with Crippen molar-refractivity contribution in [2.24, 2.45) is 0 Å². The standard InChI is InChI=1S/C20H17N5O5/c1-2-8-25-16-14(17(26)22-20(25)28)9-13(10-21-16)19(27)29-11-15-23-24-18(30-15)12-6-4-3-5-7-12/h3-7,9-10H,2,8,11H2,1H3,(H,22,26,28). The van der Waals surface area contributed by atoms with Gasteiger partial charge in [0.1, 0.15) is 5.65 Å². The molecule has 0 aliphatic rings. The molecular formula is C20H17N5O5. The molecule has 0 saturated heterocycles. The fraction of sp³-hybridized carbons (Fsp3) is 0.200. The Bertz CT molecular complexity index is 1320. The average molecular weight is 407 g/mol. The Labute approximate surface area is 169 Å². The van der Waals surface area contributed by atoms with E-state index in [-0.39, 0.29) is 29.1 Å². The van der Waals surface area contributed by atoms with E-state index in [4.69, 9.17) is 9.15 Å². The lowest BCUT2D eigenvalue weighted by molar-refractivity contribution is 0.0438. The molecule has 3 heterocycles. The largest absolute Gasteiger partial charge is 0.452 e. The number of benzene rings is 1. The summed E-state index contributed by atoms with van der Waals surface area (Å²) in [4.78, 5) is 42.9. The minimum atomic E-state index is -0.712. The van der Waals surface area contributed by atoms with Gasteiger partial charge in [-0.3, -0.25) is 14.3 Å². The van der Waals surface area contributed by atoms with E-state index >= 15 is 0 Å². The molecule has 0 saturated carbocycles. The maximum atomic E-state index is 12.4. The summed E-state index contributed by atoms with van der Waals surface area (Å²) >= 11 is 0. The van der Waals surface area contributed by atoms with Crippen molar-refractivity contribution in [3.05, 3.63) is 74.9 Å². The van der Waals surface area contributed by atoms with E-state index in [0.717, 1.165) is 5.56 Å².